The summed E-state index contributed by atoms with van der Waals surface area (Å²) in [5, 5.41) is 5.94. The summed E-state index contributed by atoms with van der Waals surface area (Å²) in [6.07, 6.45) is 7.21. The van der Waals surface area contributed by atoms with Gasteiger partial charge in [-0.05, 0) is 105 Å². The van der Waals surface area contributed by atoms with Crippen molar-refractivity contribution < 1.29 is 45.0 Å². The number of nitrogens with zero attached hydrogens (tertiary/aromatic N) is 3. The Bertz CT molecular complexity index is 3850. The average Bonchev–Trinajstić information content (AvgIpc) is 3.38. The van der Waals surface area contributed by atoms with E-state index in [9.17, 15) is 31.0 Å². The number of aryl methyl sites for hydroxylation is 4. The van der Waals surface area contributed by atoms with Gasteiger partial charge in [0.25, 0.3) is 16.0 Å². The predicted molar refractivity (Wildman–Crippen MR) is 277 cm³/mol. The highest BCUT2D eigenvalue weighted by Gasteiger charge is 2.37. The number of anilines is 1. The number of aromatic nitrogens is 1. The Hall–Kier alpha value is -6.98. The number of hydrogen-bond donors (Lipinski definition) is 3. The molecular formula is C57H55N5O9S2+2. The topological polar surface area (TPSA) is 175 Å². The van der Waals surface area contributed by atoms with E-state index in [1.807, 2.05) is 85.1 Å². The van der Waals surface area contributed by atoms with Crippen LogP contribution in [0, 0.1) is 13.8 Å². The molecule has 0 spiro atoms. The first-order valence-corrected chi connectivity index (χ1v) is 28.1. The van der Waals surface area contributed by atoms with Crippen molar-refractivity contribution in [3.8, 4) is 17.2 Å². The third-order valence-electron chi connectivity index (χ3n) is 15.3. The molecule has 372 valence electrons. The van der Waals surface area contributed by atoms with Crippen LogP contribution in [0.25, 0.3) is 27.4 Å². The van der Waals surface area contributed by atoms with Crippen molar-refractivity contribution in [1.82, 2.24) is 14.6 Å². The summed E-state index contributed by atoms with van der Waals surface area (Å²) >= 11 is 0. The van der Waals surface area contributed by atoms with Gasteiger partial charge in [-0.25, -0.2) is 22.5 Å². The van der Waals surface area contributed by atoms with Crippen LogP contribution >= 0.6 is 0 Å². The van der Waals surface area contributed by atoms with Gasteiger partial charge in [0.2, 0.25) is 33.0 Å². The highest BCUT2D eigenvalue weighted by Crippen LogP contribution is 2.49. The molecule has 0 unspecified atom stereocenters. The van der Waals surface area contributed by atoms with Gasteiger partial charge >= 0.3 is 5.97 Å². The molecule has 1 amide bonds. The monoisotopic (exact) mass is 1020 g/mol. The molecule has 5 aliphatic rings. The highest BCUT2D eigenvalue weighted by molar-refractivity contribution is 7.89. The van der Waals surface area contributed by atoms with E-state index in [1.54, 1.807) is 0 Å². The summed E-state index contributed by atoms with van der Waals surface area (Å²) in [7, 11) is -9.39. The lowest BCUT2D eigenvalue weighted by molar-refractivity contribution is -0.632. The Kier molecular flexibility index (Phi) is 11.7. The standard InChI is InChI=1S/C57H53N5O9S2/c1-34-12-7-13-35(2)54(34)71-57(64)51-39-16-3-5-20-46(39)62(47-21-6-4-17-40(47)51)33-49(63)58-24-25-59-72(65,66)38-22-23-41(48(32-38)73(67,68)69)50-44-30-36-14-8-26-60-28-10-18-42(52(36)60)55(44)70-56-43-19-11-29-61-27-9-15-37(53(43)61)31-45(50)56/h3-7,12-13,16-17,20-23,30-32,59H,8-11,14-15,18-19,24-29,33H2,1-2H3/p+2. The minimum atomic E-state index is -5.01. The summed E-state index contributed by atoms with van der Waals surface area (Å²) in [4.78, 5) is 29.3. The van der Waals surface area contributed by atoms with Crippen LogP contribution in [0.5, 0.6) is 17.2 Å². The number of nitrogens with one attached hydrogen (secondary N) is 2. The zero-order valence-electron chi connectivity index (χ0n) is 40.7. The number of esters is 1. The Labute approximate surface area is 423 Å². The van der Waals surface area contributed by atoms with Crippen molar-refractivity contribution >= 4 is 65.1 Å². The number of pyridine rings is 1. The number of para-hydroxylation sites is 3. The van der Waals surface area contributed by atoms with Crippen LogP contribution in [0.15, 0.2) is 107 Å². The van der Waals surface area contributed by atoms with Gasteiger partial charge in [0, 0.05) is 89.9 Å². The number of carbonyl (C=O) groups is 2. The fourth-order valence-electron chi connectivity index (χ4n) is 12.2. The van der Waals surface area contributed by atoms with Gasteiger partial charge in [0.1, 0.15) is 35.2 Å². The number of ether oxygens (including phenoxy) is 2. The maximum atomic E-state index is 14.0. The second kappa shape index (κ2) is 18.2. The molecule has 16 heteroatoms. The van der Waals surface area contributed by atoms with E-state index in [-0.39, 0.29) is 30.1 Å². The van der Waals surface area contributed by atoms with Crippen molar-refractivity contribution in [2.24, 2.45) is 0 Å². The number of hydrogen-bond acceptors (Lipinski definition) is 9. The van der Waals surface area contributed by atoms with E-state index < -0.39 is 36.9 Å². The Balaban J connectivity index is 0.844. The molecule has 0 aliphatic carbocycles. The number of sulfonamides is 1. The van der Waals surface area contributed by atoms with Gasteiger partial charge in [0.05, 0.1) is 26.8 Å². The van der Waals surface area contributed by atoms with Crippen LogP contribution in [-0.4, -0.2) is 72.5 Å². The Morgan fingerprint density at radius 2 is 1.40 bits per heavy atom. The molecule has 14 nitrogen and oxygen atoms in total. The van der Waals surface area contributed by atoms with Crippen LogP contribution in [0.3, 0.4) is 0 Å². The number of rotatable bonds is 11. The zero-order valence-corrected chi connectivity index (χ0v) is 42.3. The van der Waals surface area contributed by atoms with Gasteiger partial charge in [-0.1, -0.05) is 48.5 Å². The van der Waals surface area contributed by atoms with Crippen molar-refractivity contribution in [3.63, 3.8) is 0 Å². The molecule has 3 N–H and O–H groups in total. The van der Waals surface area contributed by atoms with Gasteiger partial charge in [-0.15, -0.1) is 0 Å². The van der Waals surface area contributed by atoms with Crippen molar-refractivity contribution in [2.75, 3.05) is 44.2 Å². The van der Waals surface area contributed by atoms with Crippen LogP contribution < -0.4 is 44.1 Å². The third kappa shape index (κ3) is 8.15. The molecule has 1 aromatic heterocycles. The molecule has 6 aromatic carbocycles. The second-order valence-electron chi connectivity index (χ2n) is 19.8. The second-order valence-corrected chi connectivity index (χ2v) is 23.0. The lowest BCUT2D eigenvalue weighted by atomic mass is 9.82. The first-order valence-electron chi connectivity index (χ1n) is 25.2. The molecule has 6 heterocycles. The lowest BCUT2D eigenvalue weighted by Gasteiger charge is -2.39. The number of carbonyl (C=O) groups excluding carboxylic acids is 2. The van der Waals surface area contributed by atoms with Crippen LogP contribution in [0.2, 0.25) is 0 Å². The lowest BCUT2D eigenvalue weighted by Crippen LogP contribution is -2.46. The zero-order chi connectivity index (χ0) is 50.3. The van der Waals surface area contributed by atoms with Gasteiger partial charge in [-0.2, -0.15) is 13.0 Å². The molecule has 73 heavy (non-hydrogen) atoms. The maximum absolute atomic E-state index is 14.0. The van der Waals surface area contributed by atoms with E-state index in [0.717, 1.165) is 117 Å². The summed E-state index contributed by atoms with van der Waals surface area (Å²) in [5.74, 6) is 0.951. The van der Waals surface area contributed by atoms with Gasteiger partial charge in [-0.3, -0.25) is 9.35 Å². The van der Waals surface area contributed by atoms with Gasteiger partial charge < -0.3 is 19.7 Å². The Morgan fingerprint density at radius 1 is 0.726 bits per heavy atom. The molecule has 0 saturated carbocycles. The molecule has 5 aliphatic heterocycles. The molecule has 12 rings (SSSR count). The van der Waals surface area contributed by atoms with Gasteiger partial charge in [0.15, 0.2) is 0 Å². The molecule has 0 fully saturated rings. The molecule has 0 radical (unpaired) electrons. The average molecular weight is 1020 g/mol. The fourth-order valence-corrected chi connectivity index (χ4v) is 14.0. The predicted octanol–water partition coefficient (Wildman–Crippen LogP) is 5.89. The van der Waals surface area contributed by atoms with Crippen molar-refractivity contribution in [2.45, 2.75) is 81.5 Å². The highest BCUT2D eigenvalue weighted by atomic mass is 32.2. The number of amides is 1. The summed E-state index contributed by atoms with van der Waals surface area (Å²) < 4.78 is 86.3. The first kappa shape index (κ1) is 47.1. The molecular weight excluding hydrogens is 963 g/mol. The number of benzene rings is 6. The van der Waals surface area contributed by atoms with E-state index in [4.69, 9.17) is 9.47 Å². The summed E-state index contributed by atoms with van der Waals surface area (Å²) in [5.41, 5.74) is 10.5. The van der Waals surface area contributed by atoms with Crippen molar-refractivity contribution in [3.05, 3.63) is 158 Å². The normalized spacial score (nSPS) is 15.8. The quantitative estimate of drug-likeness (QED) is 0.0354. The Morgan fingerprint density at radius 3 is 2.12 bits per heavy atom. The third-order valence-corrected chi connectivity index (χ3v) is 17.6. The summed E-state index contributed by atoms with van der Waals surface area (Å²) in [6, 6.07) is 28.4. The first-order chi connectivity index (χ1) is 35.2. The molecule has 0 bridgehead atoms. The van der Waals surface area contributed by atoms with Crippen LogP contribution in [0.1, 0.15) is 80.5 Å². The molecule has 0 atom stereocenters. The smallest absolute Gasteiger partial charge is 0.345 e. The fraction of sp³-hybridized carbons (Fsp3) is 0.298. The minimum Gasteiger partial charge on any atom is -0.455 e. The SMILES string of the molecule is Cc1cccc(C)c1OC(=O)c1c2ccccc2[n+](CC(=O)NCCNS(=O)(=O)c2ccc(C3=c4cc5c6c(c4Oc4c3cc3c7c4CCCN7CCC3)CCC[N+]=6CCC5)c(S(=O)(=O)O)c2)c2ccccc12. The van der Waals surface area contributed by atoms with Crippen LogP contribution in [-0.2, 0) is 57.2 Å². The maximum Gasteiger partial charge on any atom is 0.345 e. The number of fused-ring (bicyclic) bond motifs is 6. The van der Waals surface area contributed by atoms with Crippen LogP contribution in [0.4, 0.5) is 5.69 Å². The largest absolute Gasteiger partial charge is 0.455 e. The van der Waals surface area contributed by atoms with E-state index in [2.05, 4.69) is 31.6 Å². The minimum absolute atomic E-state index is 0.0996. The summed E-state index contributed by atoms with van der Waals surface area (Å²) in [6.45, 7) is 7.13. The van der Waals surface area contributed by atoms with E-state index >= 15 is 0 Å². The molecule has 7 aromatic rings. The van der Waals surface area contributed by atoms with E-state index in [0.29, 0.717) is 50.2 Å². The van der Waals surface area contributed by atoms with E-state index in [1.165, 1.54) is 34.3 Å². The van der Waals surface area contributed by atoms with Crippen molar-refractivity contribution in [1.29, 1.82) is 0 Å². The molecule has 0 saturated heterocycles.